The molecule has 0 atom stereocenters. The van der Waals surface area contributed by atoms with Crippen molar-refractivity contribution in [3.63, 3.8) is 0 Å². The minimum Gasteiger partial charge on any atom is -0.285 e. The fraction of sp³-hybridized carbons (Fsp3) is 0.500. The van der Waals surface area contributed by atoms with E-state index in [1.807, 2.05) is 18.2 Å². The zero-order valence-corrected chi connectivity index (χ0v) is 14.0. The Hall–Kier alpha value is -0.0300. The molecule has 0 aromatic heterocycles. The molecule has 3 nitrogen and oxygen atoms in total. The largest absolute Gasteiger partial charge is 0.285 e. The van der Waals surface area contributed by atoms with E-state index in [1.54, 1.807) is 0 Å². The third kappa shape index (κ3) is 4.62. The Kier molecular flexibility index (Phi) is 7.40. The molecule has 0 bridgehead atoms. The summed E-state index contributed by atoms with van der Waals surface area (Å²) in [5, 5.41) is 0. The van der Waals surface area contributed by atoms with E-state index in [1.165, 1.54) is 0 Å². The van der Waals surface area contributed by atoms with Crippen LogP contribution in [0.25, 0.3) is 0 Å². The van der Waals surface area contributed by atoms with Crippen LogP contribution in [-0.4, -0.2) is 38.0 Å². The number of benzene rings is 1. The third-order valence-electron chi connectivity index (χ3n) is 2.58. The second-order valence-corrected chi connectivity index (χ2v) is 5.23. The molecule has 0 spiro atoms. The molecule has 0 unspecified atom stereocenters. The molecule has 1 aromatic rings. The molecule has 17 heavy (non-hydrogen) atoms. The predicted molar refractivity (Wildman–Crippen MR) is 74.3 cm³/mol. The van der Waals surface area contributed by atoms with Crippen LogP contribution in [0, 0.1) is 0 Å². The van der Waals surface area contributed by atoms with Crippen LogP contribution >= 0.6 is 0 Å². The molecule has 1 aromatic carbocycles. The number of nitrogens with one attached hydrogen (secondary N) is 1. The van der Waals surface area contributed by atoms with Gasteiger partial charge in [0.1, 0.15) is 0 Å². The first kappa shape index (κ1) is 17.0. The Morgan fingerprint density at radius 1 is 1.00 bits per heavy atom. The number of rotatable bonds is 4. The zero-order chi connectivity index (χ0) is 12.3. The molecule has 91 valence electrons. The summed E-state index contributed by atoms with van der Waals surface area (Å²) in [6.07, 6.45) is 0. The average molecular weight is 264 g/mol. The monoisotopic (exact) mass is 264 g/mol. The van der Waals surface area contributed by atoms with Gasteiger partial charge < -0.3 is 0 Å². The van der Waals surface area contributed by atoms with Gasteiger partial charge in [0, 0.05) is 29.6 Å². The molecule has 1 rings (SSSR count). The second kappa shape index (κ2) is 7.41. The van der Waals surface area contributed by atoms with E-state index in [-0.39, 0.29) is 29.6 Å². The van der Waals surface area contributed by atoms with Crippen molar-refractivity contribution in [2.75, 3.05) is 4.72 Å². The first-order valence-electron chi connectivity index (χ1n) is 5.47. The Balaban J connectivity index is 0.00000256. The van der Waals surface area contributed by atoms with Crippen LogP contribution in [0.3, 0.4) is 0 Å². The van der Waals surface area contributed by atoms with Gasteiger partial charge in [0.2, 0.25) is 10.9 Å². The molecule has 0 fully saturated rings. The maximum atomic E-state index is 10.8. The van der Waals surface area contributed by atoms with Gasteiger partial charge in [-0.05, 0) is 23.0 Å². The summed E-state index contributed by atoms with van der Waals surface area (Å²) in [4.78, 5) is 0. The van der Waals surface area contributed by atoms with Crippen molar-refractivity contribution in [2.45, 2.75) is 39.5 Å². The van der Waals surface area contributed by atoms with Crippen molar-refractivity contribution in [1.29, 1.82) is 0 Å². The van der Waals surface area contributed by atoms with Crippen LogP contribution in [0.2, 0.25) is 0 Å². The minimum absolute atomic E-state index is 0. The van der Waals surface area contributed by atoms with E-state index in [4.69, 9.17) is 0 Å². The smallest absolute Gasteiger partial charge is 0.222 e. The quantitative estimate of drug-likeness (QED) is 0.648. The topological polar surface area (TPSA) is 46.2 Å². The van der Waals surface area contributed by atoms with Crippen LogP contribution < -0.4 is 4.72 Å². The second-order valence-electron chi connectivity index (χ2n) is 4.49. The summed E-state index contributed by atoms with van der Waals surface area (Å²) in [5.74, 6) is 0.604. The van der Waals surface area contributed by atoms with Gasteiger partial charge in [-0.1, -0.05) is 45.9 Å². The number of anilines is 1. The van der Waals surface area contributed by atoms with Crippen LogP contribution in [0.4, 0.5) is 5.69 Å². The third-order valence-corrected chi connectivity index (χ3v) is 2.98. The summed E-state index contributed by atoms with van der Waals surface area (Å²) in [7, 11) is -2.61. The van der Waals surface area contributed by atoms with Crippen LogP contribution in [0.1, 0.15) is 50.7 Å². The normalized spacial score (nSPS) is 10.8. The summed E-state index contributed by atoms with van der Waals surface area (Å²) >= 11 is 0. The predicted octanol–water partition coefficient (Wildman–Crippen LogP) is 2.49. The first-order valence-corrected chi connectivity index (χ1v) is 6.65. The number of hydrogen-bond acceptors (Lipinski definition) is 2. The van der Waals surface area contributed by atoms with E-state index in [0.717, 1.165) is 16.8 Å². The van der Waals surface area contributed by atoms with Crippen molar-refractivity contribution < 1.29 is 8.42 Å². The molecule has 0 aliphatic rings. The number of hydrogen-bond donors (Lipinski definition) is 2. The van der Waals surface area contributed by atoms with Gasteiger partial charge in [-0.2, -0.15) is 0 Å². The first-order chi connectivity index (χ1) is 7.43. The van der Waals surface area contributed by atoms with Crippen molar-refractivity contribution in [3.8, 4) is 0 Å². The summed E-state index contributed by atoms with van der Waals surface area (Å²) in [6, 6.07) is 5.92. The van der Waals surface area contributed by atoms with Crippen molar-refractivity contribution in [3.05, 3.63) is 29.3 Å². The fourth-order valence-corrected chi connectivity index (χ4v) is 2.21. The Morgan fingerprint density at radius 3 is 1.71 bits per heavy atom. The molecule has 0 aliphatic heterocycles. The summed E-state index contributed by atoms with van der Waals surface area (Å²) in [5.41, 5.74) is 2.85. The SMILES string of the molecule is CC(C)c1cccc(C(C)C)c1N[SH](=O)=O.[Na]. The van der Waals surface area contributed by atoms with Gasteiger partial charge in [-0.25, -0.2) is 8.42 Å². The molecule has 0 aliphatic carbocycles. The number of thiol groups is 1. The van der Waals surface area contributed by atoms with E-state index >= 15 is 0 Å². The molecule has 0 saturated heterocycles. The van der Waals surface area contributed by atoms with Crippen molar-refractivity contribution in [2.24, 2.45) is 0 Å². The minimum atomic E-state index is -2.61. The molecular weight excluding hydrogens is 245 g/mol. The van der Waals surface area contributed by atoms with Crippen LogP contribution in [0.15, 0.2) is 18.2 Å². The summed E-state index contributed by atoms with van der Waals surface area (Å²) in [6.45, 7) is 8.23. The number of para-hydroxylation sites is 1. The maximum Gasteiger partial charge on any atom is 0.222 e. The molecule has 1 radical (unpaired) electrons. The molecule has 0 amide bonds. The molecule has 5 heteroatoms. The zero-order valence-electron chi connectivity index (χ0n) is 11.2. The Labute approximate surface area is 127 Å². The van der Waals surface area contributed by atoms with Crippen LogP contribution in [-0.2, 0) is 10.9 Å². The Morgan fingerprint density at radius 2 is 1.41 bits per heavy atom. The van der Waals surface area contributed by atoms with E-state index < -0.39 is 10.9 Å². The van der Waals surface area contributed by atoms with Gasteiger partial charge in [-0.15, -0.1) is 0 Å². The van der Waals surface area contributed by atoms with Gasteiger partial charge >= 0.3 is 0 Å². The molecular formula is C12H19NNaO2S. The average Bonchev–Trinajstić information content (AvgIpc) is 2.16. The molecule has 0 heterocycles. The van der Waals surface area contributed by atoms with Crippen molar-refractivity contribution in [1.82, 2.24) is 0 Å². The standard InChI is InChI=1S/C12H19NO2S.Na/c1-8(2)10-6-5-7-11(9(3)4)12(10)13-16(14)15;/h5-9,16H,1-4H3,(H,13,14,15);. The van der Waals surface area contributed by atoms with Crippen LogP contribution in [0.5, 0.6) is 0 Å². The van der Waals surface area contributed by atoms with Gasteiger partial charge in [0.05, 0.1) is 5.69 Å². The molecule has 1 N–H and O–H groups in total. The van der Waals surface area contributed by atoms with Gasteiger partial charge in [0.25, 0.3) is 0 Å². The molecule has 0 saturated carbocycles. The summed E-state index contributed by atoms with van der Waals surface area (Å²) < 4.78 is 24.2. The van der Waals surface area contributed by atoms with Crippen molar-refractivity contribution >= 4 is 46.1 Å². The van der Waals surface area contributed by atoms with Gasteiger partial charge in [0.15, 0.2) is 0 Å². The Bertz CT molecular complexity index is 408. The fourth-order valence-electron chi connectivity index (χ4n) is 1.77. The van der Waals surface area contributed by atoms with E-state index in [9.17, 15) is 8.42 Å². The maximum absolute atomic E-state index is 10.8. The van der Waals surface area contributed by atoms with E-state index in [2.05, 4.69) is 32.4 Å². The van der Waals surface area contributed by atoms with Gasteiger partial charge in [-0.3, -0.25) is 4.72 Å². The van der Waals surface area contributed by atoms with E-state index in [0.29, 0.717) is 11.8 Å².